The highest BCUT2D eigenvalue weighted by atomic mass is 35.5. The van der Waals surface area contributed by atoms with Gasteiger partial charge in [0.1, 0.15) is 6.07 Å². The van der Waals surface area contributed by atoms with Crippen LogP contribution in [0.2, 0.25) is 20.1 Å². The third kappa shape index (κ3) is 2.41. The number of hydrogen-bond acceptors (Lipinski definition) is 2. The molecule has 2 nitrogen and oxygen atoms in total. The molecule has 0 aliphatic heterocycles. The van der Waals surface area contributed by atoms with Gasteiger partial charge in [0, 0.05) is 17.3 Å². The summed E-state index contributed by atoms with van der Waals surface area (Å²) >= 11 is 24.0. The van der Waals surface area contributed by atoms with Gasteiger partial charge < -0.3 is 0 Å². The second-order valence-corrected chi connectivity index (χ2v) is 4.98. The Hall–Kier alpha value is -0.980. The number of halogens is 4. The first-order chi connectivity index (χ1) is 8.54. The molecule has 0 spiro atoms. The van der Waals surface area contributed by atoms with Crippen molar-refractivity contribution in [3.05, 3.63) is 50.2 Å². The molecule has 6 heteroatoms. The molecule has 0 N–H and O–H groups in total. The first-order valence-electron chi connectivity index (χ1n) is 4.74. The average molecular weight is 318 g/mol. The molecule has 0 fully saturated rings. The van der Waals surface area contributed by atoms with E-state index >= 15 is 0 Å². The predicted octanol–water partition coefficient (Wildman–Crippen LogP) is 5.23. The summed E-state index contributed by atoms with van der Waals surface area (Å²) in [6.45, 7) is 0. The lowest BCUT2D eigenvalue weighted by Gasteiger charge is -2.09. The van der Waals surface area contributed by atoms with Crippen LogP contribution in [0.5, 0.6) is 0 Å². The normalized spacial score (nSPS) is 10.2. The van der Waals surface area contributed by atoms with Crippen molar-refractivity contribution in [1.29, 1.82) is 5.26 Å². The van der Waals surface area contributed by atoms with Crippen molar-refractivity contribution >= 4 is 46.4 Å². The smallest absolute Gasteiger partial charge is 0.159 e. The van der Waals surface area contributed by atoms with E-state index in [4.69, 9.17) is 51.7 Å². The Balaban J connectivity index is 2.67. The SMILES string of the molecule is N#Cc1ncc(-c2c(Cl)ccc(Cl)c2Cl)cc1Cl. The van der Waals surface area contributed by atoms with Crippen LogP contribution < -0.4 is 0 Å². The van der Waals surface area contributed by atoms with Crippen LogP contribution in [0.15, 0.2) is 24.4 Å². The summed E-state index contributed by atoms with van der Waals surface area (Å²) in [5.74, 6) is 0. The van der Waals surface area contributed by atoms with E-state index in [0.717, 1.165) is 0 Å². The molecule has 0 unspecified atom stereocenters. The zero-order valence-electron chi connectivity index (χ0n) is 8.72. The molecule has 0 atom stereocenters. The van der Waals surface area contributed by atoms with E-state index < -0.39 is 0 Å². The zero-order valence-corrected chi connectivity index (χ0v) is 11.7. The van der Waals surface area contributed by atoms with Crippen LogP contribution in [-0.4, -0.2) is 4.98 Å². The van der Waals surface area contributed by atoms with Crippen molar-refractivity contribution in [2.45, 2.75) is 0 Å². The van der Waals surface area contributed by atoms with Gasteiger partial charge in [-0.05, 0) is 18.2 Å². The van der Waals surface area contributed by atoms with Gasteiger partial charge in [0.25, 0.3) is 0 Å². The first kappa shape index (κ1) is 13.5. The Morgan fingerprint density at radius 3 is 2.28 bits per heavy atom. The molecule has 18 heavy (non-hydrogen) atoms. The molecule has 1 heterocycles. The van der Waals surface area contributed by atoms with E-state index in [1.54, 1.807) is 18.2 Å². The minimum atomic E-state index is 0.148. The van der Waals surface area contributed by atoms with Crippen molar-refractivity contribution in [2.75, 3.05) is 0 Å². The largest absolute Gasteiger partial charge is 0.243 e. The number of hydrogen-bond donors (Lipinski definition) is 0. The minimum Gasteiger partial charge on any atom is -0.243 e. The molecule has 1 aromatic carbocycles. The molecule has 0 aliphatic rings. The lowest BCUT2D eigenvalue weighted by atomic mass is 10.1. The highest BCUT2D eigenvalue weighted by Crippen LogP contribution is 2.39. The van der Waals surface area contributed by atoms with E-state index in [2.05, 4.69) is 4.98 Å². The summed E-state index contributed by atoms with van der Waals surface area (Å²) in [4.78, 5) is 3.93. The van der Waals surface area contributed by atoms with Crippen LogP contribution in [0.25, 0.3) is 11.1 Å². The molecular weight excluding hydrogens is 314 g/mol. The lowest BCUT2D eigenvalue weighted by molar-refractivity contribution is 1.26. The first-order valence-corrected chi connectivity index (χ1v) is 6.25. The highest BCUT2D eigenvalue weighted by molar-refractivity contribution is 6.46. The van der Waals surface area contributed by atoms with E-state index in [1.807, 2.05) is 6.07 Å². The Morgan fingerprint density at radius 1 is 1.00 bits per heavy atom. The lowest BCUT2D eigenvalue weighted by Crippen LogP contribution is -1.88. The van der Waals surface area contributed by atoms with Crippen molar-refractivity contribution < 1.29 is 0 Å². The molecule has 1 aromatic heterocycles. The predicted molar refractivity (Wildman–Crippen MR) is 74.4 cm³/mol. The van der Waals surface area contributed by atoms with Gasteiger partial charge >= 0.3 is 0 Å². The van der Waals surface area contributed by atoms with E-state index in [1.165, 1.54) is 6.20 Å². The molecule has 0 amide bonds. The summed E-state index contributed by atoms with van der Waals surface area (Å²) in [6, 6.07) is 6.70. The fourth-order valence-corrected chi connectivity index (χ4v) is 2.40. The number of aromatic nitrogens is 1. The molecule has 2 rings (SSSR count). The van der Waals surface area contributed by atoms with Gasteiger partial charge in [0.05, 0.1) is 20.1 Å². The number of nitriles is 1. The quantitative estimate of drug-likeness (QED) is 0.675. The molecule has 90 valence electrons. The average Bonchev–Trinajstić information content (AvgIpc) is 2.35. The van der Waals surface area contributed by atoms with Gasteiger partial charge in [0.2, 0.25) is 0 Å². The number of rotatable bonds is 1. The van der Waals surface area contributed by atoms with Crippen LogP contribution in [0.3, 0.4) is 0 Å². The Bertz CT molecular complexity index is 662. The monoisotopic (exact) mass is 316 g/mol. The summed E-state index contributed by atoms with van der Waals surface area (Å²) in [5.41, 5.74) is 1.30. The van der Waals surface area contributed by atoms with Gasteiger partial charge in [-0.15, -0.1) is 0 Å². The number of nitrogens with zero attached hydrogens (tertiary/aromatic N) is 2. The van der Waals surface area contributed by atoms with Crippen LogP contribution in [0.4, 0.5) is 0 Å². The summed E-state index contributed by atoms with van der Waals surface area (Å²) in [6.07, 6.45) is 1.48. The summed E-state index contributed by atoms with van der Waals surface area (Å²) < 4.78 is 0. The van der Waals surface area contributed by atoms with Gasteiger partial charge in [-0.1, -0.05) is 46.4 Å². The molecule has 0 radical (unpaired) electrons. The molecule has 0 aliphatic carbocycles. The summed E-state index contributed by atoms with van der Waals surface area (Å²) in [7, 11) is 0. The van der Waals surface area contributed by atoms with Crippen molar-refractivity contribution in [3.8, 4) is 17.2 Å². The number of pyridine rings is 1. The van der Waals surface area contributed by atoms with E-state index in [0.29, 0.717) is 26.2 Å². The fourth-order valence-electron chi connectivity index (χ4n) is 1.45. The Morgan fingerprint density at radius 2 is 1.67 bits per heavy atom. The van der Waals surface area contributed by atoms with E-state index in [-0.39, 0.29) is 10.7 Å². The Labute approximate surface area is 124 Å². The molecule has 0 bridgehead atoms. The third-order valence-electron chi connectivity index (χ3n) is 2.28. The van der Waals surface area contributed by atoms with Gasteiger partial charge in [-0.3, -0.25) is 0 Å². The Kier molecular flexibility index (Phi) is 3.99. The van der Waals surface area contributed by atoms with Gasteiger partial charge in [0.15, 0.2) is 5.69 Å². The maximum atomic E-state index is 8.76. The minimum absolute atomic E-state index is 0.148. The van der Waals surface area contributed by atoms with E-state index in [9.17, 15) is 0 Å². The van der Waals surface area contributed by atoms with Crippen LogP contribution in [0, 0.1) is 11.3 Å². The zero-order chi connectivity index (χ0) is 13.3. The summed E-state index contributed by atoms with van der Waals surface area (Å²) in [5, 5.41) is 10.1. The van der Waals surface area contributed by atoms with Crippen molar-refractivity contribution in [2.24, 2.45) is 0 Å². The topological polar surface area (TPSA) is 36.7 Å². The van der Waals surface area contributed by atoms with Gasteiger partial charge in [-0.25, -0.2) is 4.98 Å². The van der Waals surface area contributed by atoms with Crippen LogP contribution >= 0.6 is 46.4 Å². The van der Waals surface area contributed by atoms with Crippen molar-refractivity contribution in [1.82, 2.24) is 4.98 Å². The fraction of sp³-hybridized carbons (Fsp3) is 0. The standard InChI is InChI=1S/C12H4Cl4N2/c13-7-1-2-8(14)12(16)11(7)6-3-9(15)10(4-17)18-5-6/h1-3,5H. The molecule has 0 saturated heterocycles. The molecular formula is C12H4Cl4N2. The second-order valence-electron chi connectivity index (χ2n) is 3.38. The maximum absolute atomic E-state index is 8.76. The third-order valence-corrected chi connectivity index (χ3v) is 3.69. The van der Waals surface area contributed by atoms with Crippen molar-refractivity contribution in [3.63, 3.8) is 0 Å². The second kappa shape index (κ2) is 5.34. The number of benzene rings is 1. The van der Waals surface area contributed by atoms with Crippen LogP contribution in [-0.2, 0) is 0 Å². The molecule has 0 saturated carbocycles. The highest BCUT2D eigenvalue weighted by Gasteiger charge is 2.13. The maximum Gasteiger partial charge on any atom is 0.159 e. The van der Waals surface area contributed by atoms with Crippen LogP contribution in [0.1, 0.15) is 5.69 Å². The van der Waals surface area contributed by atoms with Gasteiger partial charge in [-0.2, -0.15) is 5.26 Å². The molecule has 2 aromatic rings.